The minimum Gasteiger partial charge on any atom is -0.379 e. The van der Waals surface area contributed by atoms with Gasteiger partial charge in [0.25, 0.3) is 0 Å². The van der Waals surface area contributed by atoms with Crippen LogP contribution in [0.2, 0.25) is 0 Å². The molecule has 8 heteroatoms. The third-order valence-electron chi connectivity index (χ3n) is 1.81. The fraction of sp³-hybridized carbons (Fsp3) is 0.750. The van der Waals surface area contributed by atoms with Crippen molar-refractivity contribution in [3.63, 3.8) is 0 Å². The molecule has 1 fully saturated rings. The van der Waals surface area contributed by atoms with Gasteiger partial charge in [-0.2, -0.15) is 0 Å². The lowest BCUT2D eigenvalue weighted by atomic mass is 10.5. The Morgan fingerprint density at radius 1 is 1.25 bits per heavy atom. The molecule has 0 aromatic carbocycles. The van der Waals surface area contributed by atoms with Crippen molar-refractivity contribution >= 4 is 54.7 Å². The van der Waals surface area contributed by atoms with E-state index >= 15 is 0 Å². The first-order valence-corrected chi connectivity index (χ1v) is 7.75. The van der Waals surface area contributed by atoms with Gasteiger partial charge in [-0.1, -0.05) is 24.4 Å². The number of morpholine rings is 1. The zero-order chi connectivity index (χ0) is 12.0. The molecule has 4 nitrogen and oxygen atoms in total. The van der Waals surface area contributed by atoms with Crippen molar-refractivity contribution in [1.29, 1.82) is 0 Å². The van der Waals surface area contributed by atoms with Gasteiger partial charge in [-0.15, -0.1) is 0 Å². The molecule has 1 saturated heterocycles. The fourth-order valence-corrected chi connectivity index (χ4v) is 3.17. The SMILES string of the molecule is CN(C)C(=S)SSC(=S)NN1CCOCC1. The first kappa shape index (κ1) is 14.5. The Hall–Kier alpha value is 0.400. The van der Waals surface area contributed by atoms with E-state index in [0.717, 1.165) is 34.9 Å². The zero-order valence-electron chi connectivity index (χ0n) is 9.26. The van der Waals surface area contributed by atoms with Crippen LogP contribution in [0.25, 0.3) is 0 Å². The minimum atomic E-state index is 0.733. The van der Waals surface area contributed by atoms with Crippen LogP contribution in [-0.4, -0.2) is 58.9 Å². The molecule has 0 atom stereocenters. The van der Waals surface area contributed by atoms with Crippen LogP contribution < -0.4 is 5.43 Å². The van der Waals surface area contributed by atoms with Gasteiger partial charge in [-0.25, -0.2) is 5.01 Å². The van der Waals surface area contributed by atoms with Crippen molar-refractivity contribution in [2.24, 2.45) is 0 Å². The molecule has 0 saturated carbocycles. The molecule has 1 rings (SSSR count). The first-order chi connectivity index (χ1) is 7.59. The standard InChI is InChI=1S/C8H15N3OS4/c1-10(2)8(14)16-15-7(13)9-11-3-5-12-6-4-11/h3-6H2,1-2H3,(H,9,13). The molecule has 92 valence electrons. The van der Waals surface area contributed by atoms with Gasteiger partial charge in [-0.05, 0) is 21.6 Å². The van der Waals surface area contributed by atoms with E-state index in [1.807, 2.05) is 19.0 Å². The molecule has 1 N–H and O–H groups in total. The largest absolute Gasteiger partial charge is 0.379 e. The number of hydrogen-bond donors (Lipinski definition) is 1. The summed E-state index contributed by atoms with van der Waals surface area (Å²) in [6, 6.07) is 0. The average Bonchev–Trinajstić information content (AvgIpc) is 2.27. The highest BCUT2D eigenvalue weighted by Gasteiger charge is 2.12. The summed E-state index contributed by atoms with van der Waals surface area (Å²) in [5, 5.41) is 2.07. The number of hydrazine groups is 1. The monoisotopic (exact) mass is 297 g/mol. The first-order valence-electron chi connectivity index (χ1n) is 4.78. The van der Waals surface area contributed by atoms with Crippen LogP contribution in [0.4, 0.5) is 0 Å². The van der Waals surface area contributed by atoms with E-state index in [0.29, 0.717) is 0 Å². The van der Waals surface area contributed by atoms with Crippen LogP contribution in [0.15, 0.2) is 0 Å². The lowest BCUT2D eigenvalue weighted by Crippen LogP contribution is -2.47. The van der Waals surface area contributed by atoms with Crippen LogP contribution in [0, 0.1) is 0 Å². The maximum Gasteiger partial charge on any atom is 0.159 e. The normalized spacial score (nSPS) is 16.9. The third kappa shape index (κ3) is 5.65. The van der Waals surface area contributed by atoms with Gasteiger partial charge in [0.15, 0.2) is 4.32 Å². The number of nitrogens with zero attached hydrogens (tertiary/aromatic N) is 2. The van der Waals surface area contributed by atoms with Crippen LogP contribution in [-0.2, 0) is 4.74 Å². The Morgan fingerprint density at radius 3 is 2.44 bits per heavy atom. The summed E-state index contributed by atoms with van der Waals surface area (Å²) in [6.07, 6.45) is 0. The number of thiocarbonyl (C=S) groups is 2. The quantitative estimate of drug-likeness (QED) is 0.572. The fourth-order valence-electron chi connectivity index (χ4n) is 0.971. The maximum atomic E-state index is 5.25. The number of ether oxygens (including phenoxy) is 1. The van der Waals surface area contributed by atoms with Gasteiger partial charge in [0.2, 0.25) is 0 Å². The summed E-state index contributed by atoms with van der Waals surface area (Å²) < 4.78 is 6.79. The molecule has 0 bridgehead atoms. The van der Waals surface area contributed by atoms with Crippen molar-refractivity contribution in [2.45, 2.75) is 0 Å². The molecule has 0 aromatic heterocycles. The minimum absolute atomic E-state index is 0.733. The third-order valence-corrected chi connectivity index (χ3v) is 5.46. The number of rotatable bonds is 1. The van der Waals surface area contributed by atoms with Crippen molar-refractivity contribution < 1.29 is 4.74 Å². The number of hydrogen-bond acceptors (Lipinski definition) is 6. The molecule has 1 aliphatic rings. The van der Waals surface area contributed by atoms with E-state index in [2.05, 4.69) is 10.4 Å². The average molecular weight is 297 g/mol. The van der Waals surface area contributed by atoms with E-state index in [4.69, 9.17) is 29.2 Å². The molecule has 0 unspecified atom stereocenters. The van der Waals surface area contributed by atoms with Crippen molar-refractivity contribution in [1.82, 2.24) is 15.3 Å². The molecule has 1 aliphatic heterocycles. The molecular weight excluding hydrogens is 282 g/mol. The van der Waals surface area contributed by atoms with Crippen LogP contribution in [0.3, 0.4) is 0 Å². The number of nitrogens with one attached hydrogen (secondary N) is 1. The van der Waals surface area contributed by atoms with Gasteiger partial charge >= 0.3 is 0 Å². The summed E-state index contributed by atoms with van der Waals surface area (Å²) in [6.45, 7) is 3.24. The van der Waals surface area contributed by atoms with Gasteiger partial charge in [0.1, 0.15) is 4.32 Å². The molecular formula is C8H15N3OS4. The Bertz CT molecular complexity index is 256. The van der Waals surface area contributed by atoms with Gasteiger partial charge in [-0.3, -0.25) is 0 Å². The van der Waals surface area contributed by atoms with Crippen molar-refractivity contribution in [2.75, 3.05) is 40.4 Å². The highest BCUT2D eigenvalue weighted by atomic mass is 33.1. The Labute approximate surface area is 115 Å². The van der Waals surface area contributed by atoms with E-state index in [1.165, 1.54) is 21.6 Å². The summed E-state index contributed by atoms with van der Waals surface area (Å²) in [5.41, 5.74) is 3.16. The van der Waals surface area contributed by atoms with Crippen LogP contribution >= 0.6 is 46.0 Å². The van der Waals surface area contributed by atoms with Gasteiger partial charge < -0.3 is 15.1 Å². The lowest BCUT2D eigenvalue weighted by molar-refractivity contribution is 0.0258. The molecule has 0 aromatic rings. The summed E-state index contributed by atoms with van der Waals surface area (Å²) >= 11 is 10.4. The highest BCUT2D eigenvalue weighted by molar-refractivity contribution is 8.89. The second-order valence-electron chi connectivity index (χ2n) is 3.33. The van der Waals surface area contributed by atoms with E-state index in [9.17, 15) is 0 Å². The molecule has 1 heterocycles. The van der Waals surface area contributed by atoms with Crippen molar-refractivity contribution in [3.05, 3.63) is 0 Å². The predicted molar refractivity (Wildman–Crippen MR) is 79.6 cm³/mol. The van der Waals surface area contributed by atoms with Crippen molar-refractivity contribution in [3.8, 4) is 0 Å². The molecule has 0 radical (unpaired) electrons. The molecule has 16 heavy (non-hydrogen) atoms. The maximum absolute atomic E-state index is 5.25. The summed E-state index contributed by atoms with van der Waals surface area (Å²) in [7, 11) is 6.82. The Morgan fingerprint density at radius 2 is 1.88 bits per heavy atom. The van der Waals surface area contributed by atoms with Crippen LogP contribution in [0.1, 0.15) is 0 Å². The summed E-state index contributed by atoms with van der Waals surface area (Å²) in [5.74, 6) is 0. The topological polar surface area (TPSA) is 27.7 Å². The predicted octanol–water partition coefficient (Wildman–Crippen LogP) is 1.34. The second-order valence-corrected chi connectivity index (χ2v) is 6.77. The van der Waals surface area contributed by atoms with E-state index in [1.54, 1.807) is 0 Å². The summed E-state index contributed by atoms with van der Waals surface area (Å²) in [4.78, 5) is 1.89. The van der Waals surface area contributed by atoms with Crippen LogP contribution in [0.5, 0.6) is 0 Å². The molecule has 0 aliphatic carbocycles. The molecule has 0 spiro atoms. The Balaban J connectivity index is 2.17. The van der Waals surface area contributed by atoms with E-state index < -0.39 is 0 Å². The highest BCUT2D eigenvalue weighted by Crippen LogP contribution is 2.25. The smallest absolute Gasteiger partial charge is 0.159 e. The second kappa shape index (κ2) is 7.67. The molecule has 0 amide bonds. The van der Waals surface area contributed by atoms with E-state index in [-0.39, 0.29) is 0 Å². The lowest BCUT2D eigenvalue weighted by Gasteiger charge is -2.27. The van der Waals surface area contributed by atoms with Gasteiger partial charge in [0, 0.05) is 27.2 Å². The zero-order valence-corrected chi connectivity index (χ0v) is 12.5. The van der Waals surface area contributed by atoms with Gasteiger partial charge in [0.05, 0.1) is 13.2 Å². The Kier molecular flexibility index (Phi) is 6.94.